The molecule has 7 heteroatoms. The Balaban J connectivity index is 1.65. The summed E-state index contributed by atoms with van der Waals surface area (Å²) in [6, 6.07) is 11.1. The Kier molecular flexibility index (Phi) is 8.67. The Bertz CT molecular complexity index is 1210. The van der Waals surface area contributed by atoms with Crippen molar-refractivity contribution >= 4 is 23.4 Å². The van der Waals surface area contributed by atoms with Gasteiger partial charge in [-0.25, -0.2) is 0 Å². The van der Waals surface area contributed by atoms with E-state index in [1.54, 1.807) is 12.4 Å². The highest BCUT2D eigenvalue weighted by Crippen LogP contribution is 2.49. The molecule has 1 aliphatic heterocycles. The molecular weight excluding hydrogens is 490 g/mol. The van der Waals surface area contributed by atoms with Crippen molar-refractivity contribution in [2.75, 3.05) is 0 Å². The lowest BCUT2D eigenvalue weighted by Crippen LogP contribution is -2.51. The Labute approximate surface area is 231 Å². The van der Waals surface area contributed by atoms with Gasteiger partial charge in [0.05, 0.1) is 6.04 Å². The molecule has 2 aromatic rings. The Morgan fingerprint density at radius 2 is 1.79 bits per heavy atom. The number of aromatic nitrogens is 1. The maximum absolute atomic E-state index is 14.2. The normalized spacial score (nSPS) is 22.2. The molecule has 4 rings (SSSR count). The molecule has 1 unspecified atom stereocenters. The Hall–Kier alpha value is -3.35. The van der Waals surface area contributed by atoms with Crippen LogP contribution in [0.5, 0.6) is 0 Å². The van der Waals surface area contributed by atoms with Crippen LogP contribution >= 0.6 is 0 Å². The minimum atomic E-state index is -0.894. The van der Waals surface area contributed by atoms with Gasteiger partial charge in [-0.15, -0.1) is 0 Å². The summed E-state index contributed by atoms with van der Waals surface area (Å²) in [7, 11) is 0. The lowest BCUT2D eigenvalue weighted by molar-refractivity contribution is -0.137. The van der Waals surface area contributed by atoms with Gasteiger partial charge in [-0.2, -0.15) is 0 Å². The van der Waals surface area contributed by atoms with E-state index in [4.69, 9.17) is 10.1 Å². The summed E-state index contributed by atoms with van der Waals surface area (Å²) in [4.78, 5) is 49.1. The first kappa shape index (κ1) is 28.7. The molecule has 1 saturated carbocycles. The van der Waals surface area contributed by atoms with Gasteiger partial charge < -0.3 is 10.0 Å². The maximum Gasteiger partial charge on any atom is 0.303 e. The van der Waals surface area contributed by atoms with Crippen molar-refractivity contribution < 1.29 is 19.5 Å². The van der Waals surface area contributed by atoms with E-state index in [1.165, 1.54) is 0 Å². The monoisotopic (exact) mass is 531 g/mol. The van der Waals surface area contributed by atoms with Crippen molar-refractivity contribution in [3.8, 4) is 0 Å². The number of Topliss-reactive ketones (excluding diaryl/α,β-unsaturated/α-hetero) is 1. The number of pyridine rings is 1. The van der Waals surface area contributed by atoms with E-state index in [1.807, 2.05) is 41.3 Å². The number of amides is 1. The molecule has 0 radical (unpaired) electrons. The van der Waals surface area contributed by atoms with E-state index in [-0.39, 0.29) is 36.0 Å². The van der Waals surface area contributed by atoms with Crippen LogP contribution in [0.1, 0.15) is 113 Å². The minimum Gasteiger partial charge on any atom is -0.481 e. The van der Waals surface area contributed by atoms with Crippen molar-refractivity contribution in [1.82, 2.24) is 9.88 Å². The summed E-state index contributed by atoms with van der Waals surface area (Å²) >= 11 is 0. The van der Waals surface area contributed by atoms with Crippen molar-refractivity contribution in [1.29, 1.82) is 0 Å². The third kappa shape index (κ3) is 6.29. The maximum atomic E-state index is 14.2. The van der Waals surface area contributed by atoms with Gasteiger partial charge in [-0.3, -0.25) is 24.4 Å². The number of benzene rings is 1. The Morgan fingerprint density at radius 3 is 2.36 bits per heavy atom. The van der Waals surface area contributed by atoms with Crippen LogP contribution < -0.4 is 0 Å². The molecule has 1 aromatic heterocycles. The zero-order valence-corrected chi connectivity index (χ0v) is 23.7. The van der Waals surface area contributed by atoms with Crippen molar-refractivity contribution in [2.24, 2.45) is 16.3 Å². The number of carbonyl (C=O) groups is 3. The molecule has 7 nitrogen and oxygen atoms in total. The molecule has 2 aliphatic rings. The highest BCUT2D eigenvalue weighted by atomic mass is 16.4. The van der Waals surface area contributed by atoms with E-state index >= 15 is 0 Å². The van der Waals surface area contributed by atoms with Gasteiger partial charge >= 0.3 is 5.97 Å². The fourth-order valence-corrected chi connectivity index (χ4v) is 6.19. The van der Waals surface area contributed by atoms with Gasteiger partial charge in [-0.05, 0) is 67.6 Å². The predicted molar refractivity (Wildman–Crippen MR) is 152 cm³/mol. The number of aliphatic imine (C=N–C) groups is 1. The first-order chi connectivity index (χ1) is 18.6. The zero-order chi connectivity index (χ0) is 28.2. The molecule has 208 valence electrons. The van der Waals surface area contributed by atoms with Crippen LogP contribution in [0.4, 0.5) is 0 Å². The minimum absolute atomic E-state index is 0.0170. The summed E-state index contributed by atoms with van der Waals surface area (Å²) < 4.78 is 0. The average molecular weight is 532 g/mol. The van der Waals surface area contributed by atoms with E-state index in [0.717, 1.165) is 49.7 Å². The summed E-state index contributed by atoms with van der Waals surface area (Å²) in [5.74, 6) is -0.432. The fourth-order valence-electron chi connectivity index (χ4n) is 6.19. The second-order valence-corrected chi connectivity index (χ2v) is 12.1. The van der Waals surface area contributed by atoms with Gasteiger partial charge in [0.15, 0.2) is 5.78 Å². The van der Waals surface area contributed by atoms with Crippen LogP contribution in [0.2, 0.25) is 0 Å². The molecule has 1 fully saturated rings. The average Bonchev–Trinajstić information content (AvgIpc) is 3.18. The summed E-state index contributed by atoms with van der Waals surface area (Å²) in [5.41, 5.74) is 2.42. The molecule has 0 bridgehead atoms. The molecule has 39 heavy (non-hydrogen) atoms. The summed E-state index contributed by atoms with van der Waals surface area (Å²) in [6.45, 7) is 9.01. The molecule has 0 saturated heterocycles. The molecule has 1 aromatic carbocycles. The first-order valence-electron chi connectivity index (χ1n) is 14.2. The predicted octanol–water partition coefficient (Wildman–Crippen LogP) is 6.62. The highest BCUT2D eigenvalue weighted by Gasteiger charge is 2.52. The van der Waals surface area contributed by atoms with Crippen LogP contribution in [0, 0.1) is 11.3 Å². The quantitative estimate of drug-likeness (QED) is 0.347. The highest BCUT2D eigenvalue weighted by molar-refractivity contribution is 6.46. The van der Waals surface area contributed by atoms with Gasteiger partial charge in [0.1, 0.15) is 11.4 Å². The van der Waals surface area contributed by atoms with Crippen molar-refractivity contribution in [3.63, 3.8) is 0 Å². The number of carbonyl (C=O) groups excluding carboxylic acids is 2. The topological polar surface area (TPSA) is 99.9 Å². The number of ketones is 1. The second kappa shape index (κ2) is 11.8. The van der Waals surface area contributed by atoms with Gasteiger partial charge in [-0.1, -0.05) is 58.4 Å². The van der Waals surface area contributed by atoms with E-state index < -0.39 is 11.6 Å². The number of rotatable bonds is 10. The number of hydrogen-bond donors (Lipinski definition) is 1. The molecule has 1 atom stereocenters. The molecular formula is C32H41N3O4. The number of carboxylic acids is 1. The molecule has 1 spiro atoms. The van der Waals surface area contributed by atoms with E-state index in [2.05, 4.69) is 32.7 Å². The number of carboxylic acid groups (broad SMARTS) is 1. The van der Waals surface area contributed by atoms with Crippen LogP contribution in [-0.4, -0.2) is 44.0 Å². The number of hydrogen-bond acceptors (Lipinski definition) is 5. The van der Waals surface area contributed by atoms with Gasteiger partial charge in [0, 0.05) is 36.4 Å². The third-order valence-corrected chi connectivity index (χ3v) is 8.42. The molecule has 1 aliphatic carbocycles. The smallest absolute Gasteiger partial charge is 0.303 e. The zero-order valence-electron chi connectivity index (χ0n) is 23.7. The van der Waals surface area contributed by atoms with Crippen LogP contribution in [-0.2, 0) is 9.59 Å². The number of nitrogens with zero attached hydrogens (tertiary/aromatic N) is 3. The fraction of sp³-hybridized carbons (Fsp3) is 0.531. The van der Waals surface area contributed by atoms with E-state index in [0.29, 0.717) is 23.6 Å². The molecule has 2 heterocycles. The second-order valence-electron chi connectivity index (χ2n) is 12.1. The van der Waals surface area contributed by atoms with Crippen LogP contribution in [0.15, 0.2) is 53.8 Å². The molecule has 1 N–H and O–H groups in total. The van der Waals surface area contributed by atoms with Gasteiger partial charge in [0.25, 0.3) is 5.91 Å². The SMILES string of the molecule is CCCC(c1ccc(C(=O)CCCC(=O)O)cc1)N1C(=O)C(c2cccnc2)=NC12CCC(C(C)(C)C)CC2. The summed E-state index contributed by atoms with van der Waals surface area (Å²) in [5, 5.41) is 8.86. The van der Waals surface area contributed by atoms with Crippen molar-refractivity contribution in [2.45, 2.75) is 97.2 Å². The van der Waals surface area contributed by atoms with Crippen molar-refractivity contribution in [3.05, 3.63) is 65.5 Å². The van der Waals surface area contributed by atoms with Crippen LogP contribution in [0.25, 0.3) is 0 Å². The largest absolute Gasteiger partial charge is 0.481 e. The standard InChI is InChI=1S/C32H41N3O4/c1-5-8-26(22-12-14-23(15-13-22)27(36)10-6-11-28(37)38)35-30(39)29(24-9-7-20-33-21-24)34-32(35)18-16-25(17-19-32)31(2,3)4/h7,9,12-15,20-21,25-26H,5-6,8,10-11,16-19H2,1-4H3,(H,37,38). The first-order valence-corrected chi connectivity index (χ1v) is 14.2. The number of aliphatic carboxylic acids is 1. The van der Waals surface area contributed by atoms with Crippen LogP contribution in [0.3, 0.4) is 0 Å². The van der Waals surface area contributed by atoms with Gasteiger partial charge in [0.2, 0.25) is 0 Å². The lowest BCUT2D eigenvalue weighted by Gasteiger charge is -2.47. The summed E-state index contributed by atoms with van der Waals surface area (Å²) in [6.07, 6.45) is 9.29. The molecule has 1 amide bonds. The van der Waals surface area contributed by atoms with E-state index in [9.17, 15) is 14.4 Å². The lowest BCUT2D eigenvalue weighted by atomic mass is 9.69. The Morgan fingerprint density at radius 1 is 1.10 bits per heavy atom. The third-order valence-electron chi connectivity index (χ3n) is 8.42.